The van der Waals surface area contributed by atoms with Crippen molar-refractivity contribution >= 4 is 23.2 Å². The zero-order valence-corrected chi connectivity index (χ0v) is 14.3. The molecule has 2 aromatic carbocycles. The normalized spacial score (nSPS) is 15.3. The maximum Gasteiger partial charge on any atom is 0.416 e. The molecule has 1 fully saturated rings. The molecular formula is C18H15ClF4N2O. The standard InChI is InChI=1S/C18H15ClF4N2O/c19-14-6-5-12(18(21,22)23)11-16(14)24-7-9-25(10-8-24)17(26)13-3-1-2-4-15(13)20/h1-6,11H,7-10H2. The first-order valence-electron chi connectivity index (χ1n) is 7.93. The lowest BCUT2D eigenvalue weighted by molar-refractivity contribution is -0.137. The summed E-state index contributed by atoms with van der Waals surface area (Å²) in [7, 11) is 0. The average Bonchev–Trinajstić information content (AvgIpc) is 2.61. The van der Waals surface area contributed by atoms with E-state index in [1.165, 1.54) is 29.2 Å². The Morgan fingerprint density at radius 2 is 1.65 bits per heavy atom. The largest absolute Gasteiger partial charge is 0.416 e. The van der Waals surface area contributed by atoms with Gasteiger partial charge in [0.1, 0.15) is 5.82 Å². The van der Waals surface area contributed by atoms with Gasteiger partial charge >= 0.3 is 6.18 Å². The number of anilines is 1. The predicted octanol–water partition coefficient (Wildman–Crippen LogP) is 4.46. The van der Waals surface area contributed by atoms with Gasteiger partial charge in [-0.15, -0.1) is 0 Å². The van der Waals surface area contributed by atoms with Crippen molar-refractivity contribution in [3.63, 3.8) is 0 Å². The molecule has 0 aromatic heterocycles. The van der Waals surface area contributed by atoms with E-state index in [0.717, 1.165) is 12.1 Å². The summed E-state index contributed by atoms with van der Waals surface area (Å²) in [6, 6.07) is 8.87. The number of carbonyl (C=O) groups is 1. The molecule has 0 bridgehead atoms. The quantitative estimate of drug-likeness (QED) is 0.711. The van der Waals surface area contributed by atoms with Crippen LogP contribution in [0.15, 0.2) is 42.5 Å². The fraction of sp³-hybridized carbons (Fsp3) is 0.278. The number of nitrogens with zero attached hydrogens (tertiary/aromatic N) is 2. The number of benzene rings is 2. The van der Waals surface area contributed by atoms with Crippen molar-refractivity contribution in [2.75, 3.05) is 31.1 Å². The van der Waals surface area contributed by atoms with Crippen LogP contribution in [0.2, 0.25) is 5.02 Å². The van der Waals surface area contributed by atoms with Crippen molar-refractivity contribution < 1.29 is 22.4 Å². The third-order valence-electron chi connectivity index (χ3n) is 4.29. The Morgan fingerprint density at radius 1 is 1.00 bits per heavy atom. The summed E-state index contributed by atoms with van der Waals surface area (Å²) < 4.78 is 52.5. The molecule has 1 amide bonds. The lowest BCUT2D eigenvalue weighted by Crippen LogP contribution is -2.49. The number of alkyl halides is 3. The second-order valence-corrected chi connectivity index (χ2v) is 6.33. The van der Waals surface area contributed by atoms with E-state index in [2.05, 4.69) is 0 Å². The molecule has 1 aliphatic rings. The van der Waals surface area contributed by atoms with E-state index >= 15 is 0 Å². The molecule has 138 valence electrons. The molecule has 0 spiro atoms. The lowest BCUT2D eigenvalue weighted by Gasteiger charge is -2.36. The smallest absolute Gasteiger partial charge is 0.367 e. The molecule has 0 atom stereocenters. The van der Waals surface area contributed by atoms with Gasteiger partial charge in [0.15, 0.2) is 0 Å². The van der Waals surface area contributed by atoms with Crippen molar-refractivity contribution in [2.45, 2.75) is 6.18 Å². The Hall–Kier alpha value is -2.28. The maximum absolute atomic E-state index is 13.8. The molecular weight excluding hydrogens is 372 g/mol. The van der Waals surface area contributed by atoms with Gasteiger partial charge in [0.2, 0.25) is 0 Å². The summed E-state index contributed by atoms with van der Waals surface area (Å²) in [6.45, 7) is 1.14. The minimum absolute atomic E-state index is 0.0157. The van der Waals surface area contributed by atoms with Gasteiger partial charge in [0, 0.05) is 26.2 Å². The Balaban J connectivity index is 1.73. The summed E-state index contributed by atoms with van der Waals surface area (Å²) >= 11 is 6.06. The van der Waals surface area contributed by atoms with E-state index in [9.17, 15) is 22.4 Å². The van der Waals surface area contributed by atoms with Crippen LogP contribution in [0.1, 0.15) is 15.9 Å². The van der Waals surface area contributed by atoms with Gasteiger partial charge in [0.05, 0.1) is 21.8 Å². The minimum atomic E-state index is -4.46. The SMILES string of the molecule is O=C(c1ccccc1F)N1CCN(c2cc(C(F)(F)F)ccc2Cl)CC1. The van der Waals surface area contributed by atoms with E-state index in [1.807, 2.05) is 0 Å². The van der Waals surface area contributed by atoms with Gasteiger partial charge in [-0.2, -0.15) is 13.2 Å². The van der Waals surface area contributed by atoms with Crippen LogP contribution in [0.5, 0.6) is 0 Å². The van der Waals surface area contributed by atoms with Crippen LogP contribution < -0.4 is 4.90 Å². The van der Waals surface area contributed by atoms with E-state index in [4.69, 9.17) is 11.6 Å². The molecule has 0 aliphatic carbocycles. The highest BCUT2D eigenvalue weighted by molar-refractivity contribution is 6.33. The third kappa shape index (κ3) is 3.77. The number of amides is 1. The monoisotopic (exact) mass is 386 g/mol. The van der Waals surface area contributed by atoms with Crippen LogP contribution >= 0.6 is 11.6 Å². The first kappa shape index (κ1) is 18.5. The highest BCUT2D eigenvalue weighted by Crippen LogP contribution is 2.35. The fourth-order valence-corrected chi connectivity index (χ4v) is 3.12. The molecule has 3 rings (SSSR count). The van der Waals surface area contributed by atoms with Crippen LogP contribution in [0.25, 0.3) is 0 Å². The van der Waals surface area contributed by atoms with Crippen molar-refractivity contribution in [3.05, 3.63) is 64.4 Å². The van der Waals surface area contributed by atoms with Gasteiger partial charge in [-0.3, -0.25) is 4.79 Å². The molecule has 0 unspecified atom stereocenters. The lowest BCUT2D eigenvalue weighted by atomic mass is 10.1. The number of piperazine rings is 1. The average molecular weight is 387 g/mol. The van der Waals surface area contributed by atoms with Crippen LogP contribution in [-0.2, 0) is 6.18 Å². The molecule has 0 radical (unpaired) electrons. The fourth-order valence-electron chi connectivity index (χ4n) is 2.89. The predicted molar refractivity (Wildman–Crippen MR) is 91.0 cm³/mol. The van der Waals surface area contributed by atoms with Crippen molar-refractivity contribution in [1.29, 1.82) is 0 Å². The zero-order valence-electron chi connectivity index (χ0n) is 13.6. The van der Waals surface area contributed by atoms with Crippen LogP contribution in [0.4, 0.5) is 23.2 Å². The Bertz CT molecular complexity index is 817. The first-order valence-corrected chi connectivity index (χ1v) is 8.30. The Kier molecular flexibility index (Phi) is 5.09. The Morgan fingerprint density at radius 3 is 2.27 bits per heavy atom. The van der Waals surface area contributed by atoms with Gasteiger partial charge < -0.3 is 9.80 Å². The molecule has 2 aromatic rings. The molecule has 0 N–H and O–H groups in total. The van der Waals surface area contributed by atoms with E-state index in [0.29, 0.717) is 13.1 Å². The maximum atomic E-state index is 13.8. The number of hydrogen-bond acceptors (Lipinski definition) is 2. The number of hydrogen-bond donors (Lipinski definition) is 0. The summed E-state index contributed by atoms with van der Waals surface area (Å²) in [5, 5.41) is 0.215. The van der Waals surface area contributed by atoms with Crippen molar-refractivity contribution in [3.8, 4) is 0 Å². The van der Waals surface area contributed by atoms with Gasteiger partial charge in [-0.25, -0.2) is 4.39 Å². The third-order valence-corrected chi connectivity index (χ3v) is 4.60. The highest BCUT2D eigenvalue weighted by atomic mass is 35.5. The van der Waals surface area contributed by atoms with Crippen molar-refractivity contribution in [2.24, 2.45) is 0 Å². The van der Waals surface area contributed by atoms with Crippen molar-refractivity contribution in [1.82, 2.24) is 4.90 Å². The summed E-state index contributed by atoms with van der Waals surface area (Å²) in [4.78, 5) is 15.6. The topological polar surface area (TPSA) is 23.6 Å². The number of halogens is 5. The molecule has 1 saturated heterocycles. The van der Waals surface area contributed by atoms with Gasteiger partial charge in [-0.05, 0) is 30.3 Å². The summed E-state index contributed by atoms with van der Waals surface area (Å²) in [5.74, 6) is -1.03. The van der Waals surface area contributed by atoms with E-state index in [1.54, 1.807) is 11.0 Å². The van der Waals surface area contributed by atoms with Crippen LogP contribution in [0.3, 0.4) is 0 Å². The minimum Gasteiger partial charge on any atom is -0.367 e. The molecule has 26 heavy (non-hydrogen) atoms. The zero-order chi connectivity index (χ0) is 18.9. The summed E-state index contributed by atoms with van der Waals surface area (Å²) in [6.07, 6.45) is -4.46. The Labute approximate surface area is 152 Å². The highest BCUT2D eigenvalue weighted by Gasteiger charge is 2.32. The van der Waals surface area contributed by atoms with Gasteiger partial charge in [0.25, 0.3) is 5.91 Å². The molecule has 3 nitrogen and oxygen atoms in total. The molecule has 1 aliphatic heterocycles. The summed E-state index contributed by atoms with van der Waals surface area (Å²) in [5.41, 5.74) is -0.515. The van der Waals surface area contributed by atoms with Crippen LogP contribution in [0, 0.1) is 5.82 Å². The van der Waals surface area contributed by atoms with Crippen LogP contribution in [-0.4, -0.2) is 37.0 Å². The van der Waals surface area contributed by atoms with E-state index < -0.39 is 23.5 Å². The molecule has 8 heteroatoms. The number of rotatable bonds is 2. The van der Waals surface area contributed by atoms with Gasteiger partial charge in [-0.1, -0.05) is 23.7 Å². The first-order chi connectivity index (χ1) is 12.3. The molecule has 1 heterocycles. The second-order valence-electron chi connectivity index (χ2n) is 5.92. The molecule has 0 saturated carbocycles. The second kappa shape index (κ2) is 7.15. The van der Waals surface area contributed by atoms with E-state index in [-0.39, 0.29) is 29.4 Å². The number of carbonyl (C=O) groups excluding carboxylic acids is 1.